The number of aliphatic hydroxyl groups excluding tert-OH is 3. The minimum Gasteiger partial charge on any atom is -0.507 e. The molecule has 3 aromatic rings. The molecular formula is C79H94N2O12. The Hall–Kier alpha value is -5.81. The molecule has 14 heteroatoms. The number of benzene rings is 3. The van der Waals surface area contributed by atoms with Crippen LogP contribution in [0.15, 0.2) is 59.7 Å². The van der Waals surface area contributed by atoms with Crippen molar-refractivity contribution < 1.29 is 59.2 Å². The van der Waals surface area contributed by atoms with Crippen LogP contribution in [0.3, 0.4) is 0 Å². The number of ether oxygens (including phenoxy) is 3. The number of carbonyl (C=O) groups is 3. The summed E-state index contributed by atoms with van der Waals surface area (Å²) >= 11 is 0. The number of phenolic OH excluding ortho intramolecular Hbond substituents is 1. The Labute approximate surface area is 547 Å². The summed E-state index contributed by atoms with van der Waals surface area (Å²) in [5, 5.41) is 86.1. The first-order chi connectivity index (χ1) is 44.9. The number of esters is 2. The lowest BCUT2D eigenvalue weighted by Gasteiger charge is -2.59. The molecule has 7 saturated carbocycles. The van der Waals surface area contributed by atoms with Gasteiger partial charge >= 0.3 is 11.9 Å². The Kier molecular flexibility index (Phi) is 16.1. The normalized spacial score (nSPS) is 40.8. The summed E-state index contributed by atoms with van der Waals surface area (Å²) in [6, 6.07) is 14.1. The summed E-state index contributed by atoms with van der Waals surface area (Å²) in [6.45, 7) is 2.35. The molecule has 14 aliphatic rings. The number of aliphatic hydroxyl groups is 5. The number of nitrogens with one attached hydrogen (secondary N) is 2. The fraction of sp³-hybridized carbons (Fsp3) is 0.633. The van der Waals surface area contributed by atoms with E-state index in [-0.39, 0.29) is 121 Å². The van der Waals surface area contributed by atoms with Crippen LogP contribution in [0.25, 0.3) is 6.08 Å². The number of allylic oxidation sites excluding steroid dienone is 1. The molecule has 93 heavy (non-hydrogen) atoms. The Morgan fingerprint density at radius 3 is 2.41 bits per heavy atom. The van der Waals surface area contributed by atoms with Crippen molar-refractivity contribution in [3.63, 3.8) is 0 Å². The number of fused-ring (bicyclic) bond motifs is 10. The minimum absolute atomic E-state index is 0.0207. The first kappa shape index (κ1) is 62.0. The summed E-state index contributed by atoms with van der Waals surface area (Å²) in [5.41, 5.74) is 3.41. The molecule has 3 aromatic carbocycles. The fourth-order valence-corrected chi connectivity index (χ4v) is 21.7. The van der Waals surface area contributed by atoms with Crippen molar-refractivity contribution >= 4 is 29.5 Å². The molecule has 1 saturated heterocycles. The van der Waals surface area contributed by atoms with Crippen LogP contribution in [-0.2, 0) is 43.1 Å². The molecule has 492 valence electrons. The standard InChI is InChI=1S/C79H94N2O12/c1-77(89)41-81-65-35-50(32-62-59(65)33-51-29-53-24-44(27-61-56(51)38-67(75(77)87)91-72(53)61)19-21-78(74(62)86)22-20-45(39-78)40-80-2)47-15-16-48-37-69(84)93-73-57(48)34-52(71(85)70(73)46-11-4-3-5-12-46)36-68-79(90)63-14-7-6-13-49(63)31-58-60(66(83)18-17-64(58)79)26-43-10-8-9-42(23-43)25-55(82)30-54(28-47)76(88)92-68/h8-10,23,30,32-35,44-49,53,55-56,58,60-61,63-64,67-68,72,74-75,80-82,85-87,89-90H,3-7,11-14,17-18,20,22,24-29,31,36-41H2,1-2H3. The third-order valence-electron chi connectivity index (χ3n) is 26.2. The number of phenols is 1. The van der Waals surface area contributed by atoms with Crippen LogP contribution >= 0.6 is 0 Å². The fourth-order valence-electron chi connectivity index (χ4n) is 21.7. The highest BCUT2D eigenvalue weighted by molar-refractivity contribution is 5.89. The Morgan fingerprint density at radius 1 is 0.763 bits per heavy atom. The predicted molar refractivity (Wildman–Crippen MR) is 350 cm³/mol. The Balaban J connectivity index is 0.929. The Bertz CT molecular complexity index is 3710. The molecule has 14 nitrogen and oxygen atoms in total. The monoisotopic (exact) mass is 1260 g/mol. The van der Waals surface area contributed by atoms with E-state index in [0.29, 0.717) is 77.8 Å². The van der Waals surface area contributed by atoms with Gasteiger partial charge in [0.15, 0.2) is 0 Å². The van der Waals surface area contributed by atoms with Crippen LogP contribution in [0, 0.1) is 88.3 Å². The molecule has 17 rings (SSSR count). The van der Waals surface area contributed by atoms with Crippen LogP contribution in [0.5, 0.6) is 11.5 Å². The molecular weight excluding hydrogens is 1170 g/mol. The number of rotatable bonds is 4. The van der Waals surface area contributed by atoms with E-state index in [9.17, 15) is 40.2 Å². The van der Waals surface area contributed by atoms with Crippen LogP contribution < -0.4 is 15.4 Å². The average Bonchev–Trinajstić information content (AvgIpc) is 1.25. The molecule has 21 unspecified atom stereocenters. The van der Waals surface area contributed by atoms with Crippen LogP contribution in [0.2, 0.25) is 0 Å². The second kappa shape index (κ2) is 24.1. The molecule has 0 radical (unpaired) electrons. The molecule has 8 N–H and O–H groups in total. The summed E-state index contributed by atoms with van der Waals surface area (Å²) in [7, 11) is 1.97. The molecule has 18 bridgehead atoms. The zero-order valence-electron chi connectivity index (χ0n) is 54.2. The van der Waals surface area contributed by atoms with E-state index in [1.54, 1.807) is 13.0 Å². The van der Waals surface area contributed by atoms with Crippen molar-refractivity contribution in [2.75, 3.05) is 25.5 Å². The highest BCUT2D eigenvalue weighted by Crippen LogP contribution is 2.61. The molecule has 1 spiro atoms. The van der Waals surface area contributed by atoms with E-state index in [1.165, 1.54) is 5.57 Å². The summed E-state index contributed by atoms with van der Waals surface area (Å²) in [4.78, 5) is 45.3. The Morgan fingerprint density at radius 2 is 1.57 bits per heavy atom. The lowest BCUT2D eigenvalue weighted by Crippen LogP contribution is -2.65. The van der Waals surface area contributed by atoms with Crippen LogP contribution in [0.1, 0.15) is 210 Å². The van der Waals surface area contributed by atoms with E-state index in [4.69, 9.17) is 14.2 Å². The van der Waals surface area contributed by atoms with E-state index in [1.807, 2.05) is 31.3 Å². The SMILES string of the molecule is CNCC1CCC2(C#CC3CC4CC5=Cc6c(cc(C7C#CC8CC(=O)Oc9c8cc(c(O)c9C8CCCCC8)CC8OC(=O)C(=CC(O)Cc9cccc(c9)CC9C(=O)CCC%10C9CC9CCCCC9C8%10O)C7)cc6C2O)NCC(C)(O)C(O)C2CC5C(C3)C4O2)C1. The quantitative estimate of drug-likeness (QED) is 0.0692. The van der Waals surface area contributed by atoms with Gasteiger partial charge in [0, 0.05) is 71.5 Å². The summed E-state index contributed by atoms with van der Waals surface area (Å²) in [5.74, 6) is 12.1. The molecule has 0 aromatic heterocycles. The maximum absolute atomic E-state index is 16.4. The third kappa shape index (κ3) is 10.9. The number of β-amino-alcohol motifs (C(OH)–C–C–N with tert-alkyl or cyclic N) is 1. The lowest BCUT2D eigenvalue weighted by molar-refractivity contribution is -0.228. The van der Waals surface area contributed by atoms with Crippen LogP contribution in [0.4, 0.5) is 5.69 Å². The summed E-state index contributed by atoms with van der Waals surface area (Å²) < 4.78 is 20.5. The number of aromatic hydroxyl groups is 1. The number of hydrogen-bond acceptors (Lipinski definition) is 14. The van der Waals surface area contributed by atoms with Gasteiger partial charge in [-0.1, -0.05) is 104 Å². The summed E-state index contributed by atoms with van der Waals surface area (Å²) in [6.07, 6.45) is 13.5. The van der Waals surface area contributed by atoms with Gasteiger partial charge in [-0.25, -0.2) is 4.79 Å². The van der Waals surface area contributed by atoms with Gasteiger partial charge in [-0.2, -0.15) is 0 Å². The molecule has 0 amide bonds. The van der Waals surface area contributed by atoms with Crippen molar-refractivity contribution in [1.29, 1.82) is 0 Å². The first-order valence-corrected chi connectivity index (χ1v) is 36.0. The van der Waals surface area contributed by atoms with Gasteiger partial charge in [0.2, 0.25) is 0 Å². The van der Waals surface area contributed by atoms with Gasteiger partial charge in [0.1, 0.15) is 40.7 Å². The smallest absolute Gasteiger partial charge is 0.334 e. The van der Waals surface area contributed by atoms with E-state index in [2.05, 4.69) is 58.6 Å². The van der Waals surface area contributed by atoms with Crippen molar-refractivity contribution in [2.45, 2.75) is 227 Å². The average molecular weight is 1260 g/mol. The number of ketones is 1. The van der Waals surface area contributed by atoms with Gasteiger partial charge < -0.3 is 55.5 Å². The largest absolute Gasteiger partial charge is 0.507 e. The van der Waals surface area contributed by atoms with Gasteiger partial charge in [0.05, 0.1) is 42.2 Å². The van der Waals surface area contributed by atoms with Crippen LogP contribution in [-0.4, -0.2) is 110 Å². The van der Waals surface area contributed by atoms with Crippen molar-refractivity contribution in [3.8, 4) is 35.2 Å². The van der Waals surface area contributed by atoms with Gasteiger partial charge in [-0.05, 0) is 210 Å². The zero-order chi connectivity index (χ0) is 63.8. The second-order valence-corrected chi connectivity index (χ2v) is 31.8. The van der Waals surface area contributed by atoms with Gasteiger partial charge in [-0.15, -0.1) is 0 Å². The highest BCUT2D eigenvalue weighted by atomic mass is 16.6. The van der Waals surface area contributed by atoms with Gasteiger partial charge in [-0.3, -0.25) is 9.59 Å². The second-order valence-electron chi connectivity index (χ2n) is 31.8. The first-order valence-electron chi connectivity index (χ1n) is 36.0. The van der Waals surface area contributed by atoms with E-state index in [0.717, 1.165) is 107 Å². The zero-order valence-corrected chi connectivity index (χ0v) is 54.2. The van der Waals surface area contributed by atoms with Crippen molar-refractivity contribution in [1.82, 2.24) is 5.32 Å². The molecule has 21 atom stereocenters. The third-order valence-corrected chi connectivity index (χ3v) is 26.2. The maximum atomic E-state index is 16.4. The number of carbonyl (C=O) groups excluding carboxylic acids is 3. The molecule has 5 heterocycles. The van der Waals surface area contributed by atoms with Crippen molar-refractivity contribution in [2.24, 2.45) is 64.6 Å². The topological polar surface area (TPSA) is 224 Å². The highest BCUT2D eigenvalue weighted by Gasteiger charge is 2.63. The molecule has 5 aliphatic heterocycles. The molecule has 8 fully saturated rings. The maximum Gasteiger partial charge on any atom is 0.334 e. The van der Waals surface area contributed by atoms with Crippen molar-refractivity contribution in [3.05, 3.63) is 104 Å². The lowest BCUT2D eigenvalue weighted by atomic mass is 9.48. The molecule has 9 aliphatic carbocycles. The van der Waals surface area contributed by atoms with E-state index >= 15 is 4.79 Å². The van der Waals surface area contributed by atoms with E-state index < -0.39 is 76.8 Å². The number of hydrogen-bond donors (Lipinski definition) is 8. The predicted octanol–water partition coefficient (Wildman–Crippen LogP) is 10.5. The number of anilines is 1. The number of Topliss-reactive ketones (excluding diaryl/α,β-unsaturated/α-hetero) is 1. The van der Waals surface area contributed by atoms with Gasteiger partial charge in [0.25, 0.3) is 0 Å². The minimum atomic E-state index is -1.67.